The van der Waals surface area contributed by atoms with Gasteiger partial charge in [0.15, 0.2) is 0 Å². The first kappa shape index (κ1) is 19.5. The molecule has 1 saturated heterocycles. The Labute approximate surface area is 167 Å². The van der Waals surface area contributed by atoms with E-state index in [1.165, 1.54) is 11.0 Å². The Bertz CT molecular complexity index is 727. The number of rotatable bonds is 6. The van der Waals surface area contributed by atoms with Gasteiger partial charge < -0.3 is 19.6 Å². The third-order valence-corrected chi connectivity index (χ3v) is 5.25. The predicted molar refractivity (Wildman–Crippen MR) is 103 cm³/mol. The van der Waals surface area contributed by atoms with Crippen LogP contribution in [0.15, 0.2) is 30.6 Å². The number of aromatic nitrogens is 2. The summed E-state index contributed by atoms with van der Waals surface area (Å²) in [6.45, 7) is 4.26. The monoisotopic (exact) mass is 417 g/mol. The minimum atomic E-state index is -0.602. The number of ether oxygens (including phenoxy) is 1. The van der Waals surface area contributed by atoms with Crippen LogP contribution in [0.3, 0.4) is 0 Å². The Balaban J connectivity index is 1.45. The number of piperazine rings is 1. The van der Waals surface area contributed by atoms with Crippen LogP contribution in [0.25, 0.3) is 0 Å². The third-order valence-electron chi connectivity index (χ3n) is 4.24. The second kappa shape index (κ2) is 9.06. The zero-order valence-electron chi connectivity index (χ0n) is 14.0. The lowest BCUT2D eigenvalue weighted by atomic mass is 10.2. The molecule has 0 spiro atoms. The summed E-state index contributed by atoms with van der Waals surface area (Å²) in [5.74, 6) is 1.17. The Kier molecular flexibility index (Phi) is 6.78. The highest BCUT2D eigenvalue weighted by molar-refractivity contribution is 6.43. The average Bonchev–Trinajstić information content (AvgIpc) is 2.65. The lowest BCUT2D eigenvalue weighted by Crippen LogP contribution is -3.16. The van der Waals surface area contributed by atoms with Crippen LogP contribution in [0.2, 0.25) is 15.1 Å². The first-order chi connectivity index (χ1) is 12.5. The van der Waals surface area contributed by atoms with Crippen molar-refractivity contribution in [3.8, 4) is 5.75 Å². The lowest BCUT2D eigenvalue weighted by Gasteiger charge is -2.33. The lowest BCUT2D eigenvalue weighted by molar-refractivity contribution is -0.903. The summed E-state index contributed by atoms with van der Waals surface area (Å²) < 4.78 is 5.60. The van der Waals surface area contributed by atoms with Crippen LogP contribution < -0.4 is 14.5 Å². The summed E-state index contributed by atoms with van der Waals surface area (Å²) in [4.78, 5) is 12.0. The quantitative estimate of drug-likeness (QED) is 0.698. The van der Waals surface area contributed by atoms with Crippen LogP contribution >= 0.6 is 34.8 Å². The van der Waals surface area contributed by atoms with Crippen molar-refractivity contribution in [2.24, 2.45) is 0 Å². The van der Waals surface area contributed by atoms with Crippen molar-refractivity contribution in [2.75, 3.05) is 44.2 Å². The molecule has 26 heavy (non-hydrogen) atoms. The van der Waals surface area contributed by atoms with Crippen molar-refractivity contribution in [1.82, 2.24) is 9.97 Å². The van der Waals surface area contributed by atoms with Gasteiger partial charge >= 0.3 is 0 Å². The minimum absolute atomic E-state index is 0.146. The molecule has 0 aliphatic carbocycles. The van der Waals surface area contributed by atoms with E-state index in [1.54, 1.807) is 18.5 Å². The molecule has 2 N–H and O–H groups in total. The van der Waals surface area contributed by atoms with Gasteiger partial charge in [0.05, 0.1) is 41.2 Å². The maximum atomic E-state index is 10.3. The molecular weight excluding hydrogens is 399 g/mol. The van der Waals surface area contributed by atoms with E-state index in [0.29, 0.717) is 27.4 Å². The second-order valence-electron chi connectivity index (χ2n) is 6.15. The summed E-state index contributed by atoms with van der Waals surface area (Å²) >= 11 is 17.9. The number of quaternary nitrogens is 1. The molecule has 1 fully saturated rings. The van der Waals surface area contributed by atoms with E-state index >= 15 is 0 Å². The molecule has 3 rings (SSSR count). The van der Waals surface area contributed by atoms with Gasteiger partial charge in [0.2, 0.25) is 5.95 Å². The van der Waals surface area contributed by atoms with Gasteiger partial charge in [0.25, 0.3) is 0 Å². The van der Waals surface area contributed by atoms with E-state index in [0.717, 1.165) is 32.1 Å². The smallest absolute Gasteiger partial charge is 0.225 e. The molecule has 2 aromatic rings. The van der Waals surface area contributed by atoms with E-state index in [-0.39, 0.29) is 6.61 Å². The number of nitrogens with zero attached hydrogens (tertiary/aromatic N) is 3. The van der Waals surface area contributed by atoms with Crippen LogP contribution in [-0.2, 0) is 0 Å². The molecule has 0 amide bonds. The minimum Gasteiger partial charge on any atom is -0.489 e. The first-order valence-electron chi connectivity index (χ1n) is 8.34. The molecule has 2 heterocycles. The largest absolute Gasteiger partial charge is 0.489 e. The Morgan fingerprint density at radius 3 is 2.42 bits per heavy atom. The fourth-order valence-corrected chi connectivity index (χ4v) is 3.47. The Hall–Kier alpha value is -1.31. The van der Waals surface area contributed by atoms with Crippen molar-refractivity contribution < 1.29 is 14.7 Å². The number of aliphatic hydroxyl groups excluding tert-OH is 1. The van der Waals surface area contributed by atoms with E-state index < -0.39 is 6.10 Å². The molecule has 1 aliphatic heterocycles. The first-order valence-corrected chi connectivity index (χ1v) is 9.47. The topological polar surface area (TPSA) is 62.9 Å². The molecule has 1 atom stereocenters. The number of benzene rings is 1. The van der Waals surface area contributed by atoms with Crippen LogP contribution in [0.4, 0.5) is 5.95 Å². The van der Waals surface area contributed by atoms with Crippen molar-refractivity contribution in [3.63, 3.8) is 0 Å². The fourth-order valence-electron chi connectivity index (χ4n) is 2.87. The number of aliphatic hydroxyl groups is 1. The van der Waals surface area contributed by atoms with Gasteiger partial charge in [0.1, 0.15) is 25.0 Å². The molecule has 1 aromatic heterocycles. The van der Waals surface area contributed by atoms with Crippen LogP contribution in [-0.4, -0.2) is 60.5 Å². The number of nitrogens with one attached hydrogen (secondary N) is 1. The summed E-state index contributed by atoms with van der Waals surface area (Å²) in [5, 5.41) is 11.4. The fraction of sp³-hybridized carbons (Fsp3) is 0.412. The Morgan fingerprint density at radius 1 is 1.08 bits per heavy atom. The van der Waals surface area contributed by atoms with Gasteiger partial charge in [-0.2, -0.15) is 0 Å². The SMILES string of the molecule is O[C@H](COc1cc(Cl)c(Cl)cc1Cl)C[NH+]1CCN(c2ncccn2)CC1. The highest BCUT2D eigenvalue weighted by atomic mass is 35.5. The van der Waals surface area contributed by atoms with Gasteiger partial charge in [-0.3, -0.25) is 0 Å². The van der Waals surface area contributed by atoms with Gasteiger partial charge in [0, 0.05) is 18.5 Å². The van der Waals surface area contributed by atoms with Crippen LogP contribution in [0, 0.1) is 0 Å². The Morgan fingerprint density at radius 2 is 1.73 bits per heavy atom. The van der Waals surface area contributed by atoms with E-state index in [1.807, 2.05) is 6.07 Å². The van der Waals surface area contributed by atoms with E-state index in [2.05, 4.69) is 14.9 Å². The maximum Gasteiger partial charge on any atom is 0.225 e. The number of anilines is 1. The number of hydrogen-bond acceptors (Lipinski definition) is 5. The molecule has 0 bridgehead atoms. The van der Waals surface area contributed by atoms with E-state index in [9.17, 15) is 5.11 Å². The highest BCUT2D eigenvalue weighted by Gasteiger charge is 2.24. The normalized spacial score (nSPS) is 16.5. The molecule has 0 radical (unpaired) electrons. The molecule has 6 nitrogen and oxygen atoms in total. The molecular formula is C17H20Cl3N4O2+. The molecule has 0 saturated carbocycles. The van der Waals surface area contributed by atoms with Gasteiger partial charge in [-0.05, 0) is 12.1 Å². The highest BCUT2D eigenvalue weighted by Crippen LogP contribution is 2.33. The number of hydrogen-bond donors (Lipinski definition) is 2. The second-order valence-corrected chi connectivity index (χ2v) is 7.37. The third kappa shape index (κ3) is 5.11. The van der Waals surface area contributed by atoms with Crippen molar-refractivity contribution in [2.45, 2.75) is 6.10 Å². The molecule has 0 unspecified atom stereocenters. The van der Waals surface area contributed by atoms with Gasteiger partial charge in [-0.15, -0.1) is 0 Å². The van der Waals surface area contributed by atoms with Crippen molar-refractivity contribution >= 4 is 40.8 Å². The summed E-state index contributed by atoms with van der Waals surface area (Å²) in [6, 6.07) is 4.90. The molecule has 140 valence electrons. The summed E-state index contributed by atoms with van der Waals surface area (Å²) in [5.41, 5.74) is 0. The molecule has 1 aromatic carbocycles. The average molecular weight is 419 g/mol. The van der Waals surface area contributed by atoms with Gasteiger partial charge in [-0.1, -0.05) is 34.8 Å². The van der Waals surface area contributed by atoms with Crippen LogP contribution in [0.5, 0.6) is 5.75 Å². The maximum absolute atomic E-state index is 10.3. The zero-order chi connectivity index (χ0) is 18.5. The summed E-state index contributed by atoms with van der Waals surface area (Å²) in [7, 11) is 0. The van der Waals surface area contributed by atoms with Gasteiger partial charge in [-0.25, -0.2) is 9.97 Å². The molecule has 1 aliphatic rings. The van der Waals surface area contributed by atoms with E-state index in [4.69, 9.17) is 39.5 Å². The number of halogens is 3. The standard InChI is InChI=1S/C17H19Cl3N4O2/c18-13-8-15(20)16(9-14(13)19)26-11-12(25)10-23-4-6-24(7-5-23)17-21-2-1-3-22-17/h1-3,8-9,12,25H,4-7,10-11H2/p+1/t12-/m0/s1. The summed E-state index contributed by atoms with van der Waals surface area (Å²) in [6.07, 6.45) is 2.89. The predicted octanol–water partition coefficient (Wildman–Crippen LogP) is 1.58. The van der Waals surface area contributed by atoms with Crippen LogP contribution in [0.1, 0.15) is 0 Å². The molecule has 9 heteroatoms. The van der Waals surface area contributed by atoms with Crippen molar-refractivity contribution in [1.29, 1.82) is 0 Å². The van der Waals surface area contributed by atoms with Crippen molar-refractivity contribution in [3.05, 3.63) is 45.7 Å². The zero-order valence-corrected chi connectivity index (χ0v) is 16.3.